The van der Waals surface area contributed by atoms with Gasteiger partial charge in [-0.05, 0) is 64.6 Å². The predicted octanol–water partition coefficient (Wildman–Crippen LogP) is 2.62. The van der Waals surface area contributed by atoms with Gasteiger partial charge in [-0.3, -0.25) is 4.79 Å². The van der Waals surface area contributed by atoms with Crippen molar-refractivity contribution in [3.8, 4) is 5.75 Å². The third-order valence-electron chi connectivity index (χ3n) is 5.62. The molecule has 2 saturated heterocycles. The molecule has 0 N–H and O–H groups in total. The van der Waals surface area contributed by atoms with Crippen LogP contribution < -0.4 is 10.2 Å². The van der Waals surface area contributed by atoms with Gasteiger partial charge in [0.15, 0.2) is 0 Å². The lowest BCUT2D eigenvalue weighted by Gasteiger charge is -2.32. The molecule has 3 rings (SSSR count). The predicted molar refractivity (Wildman–Crippen MR) is 98.5 cm³/mol. The second-order valence-corrected chi connectivity index (χ2v) is 7.90. The first kappa shape index (κ1) is 18.3. The van der Waals surface area contributed by atoms with E-state index in [1.54, 1.807) is 7.11 Å². The molecule has 0 unspecified atom stereocenters. The average Bonchev–Trinajstić information content (AvgIpc) is 2.82. The van der Waals surface area contributed by atoms with E-state index >= 15 is 0 Å². The molecule has 6 heteroatoms. The molecule has 25 heavy (non-hydrogen) atoms. The summed E-state index contributed by atoms with van der Waals surface area (Å²) >= 11 is 0. The molecule has 5 nitrogen and oxygen atoms in total. The van der Waals surface area contributed by atoms with E-state index in [4.69, 9.17) is 14.0 Å². The summed E-state index contributed by atoms with van der Waals surface area (Å²) in [6, 6.07) is 5.59. The molecule has 0 aromatic heterocycles. The first-order valence-corrected chi connectivity index (χ1v) is 9.08. The molecular weight excluding hydrogens is 317 g/mol. The van der Waals surface area contributed by atoms with Gasteiger partial charge in [0.1, 0.15) is 5.75 Å². The SMILES string of the molecule is COc1cc(B2OC(C)(C)C(C)(C)O2)ccc1C(=O)N1CCCCC1. The van der Waals surface area contributed by atoms with Crippen LogP contribution in [0.15, 0.2) is 18.2 Å². The largest absolute Gasteiger partial charge is 0.496 e. The van der Waals surface area contributed by atoms with Crippen molar-refractivity contribution in [3.63, 3.8) is 0 Å². The van der Waals surface area contributed by atoms with Crippen LogP contribution in [0.4, 0.5) is 0 Å². The summed E-state index contributed by atoms with van der Waals surface area (Å²) < 4.78 is 17.7. The summed E-state index contributed by atoms with van der Waals surface area (Å²) in [5.74, 6) is 0.611. The highest BCUT2D eigenvalue weighted by atomic mass is 16.7. The lowest BCUT2D eigenvalue weighted by atomic mass is 9.78. The zero-order valence-electron chi connectivity index (χ0n) is 15.9. The Labute approximate surface area is 150 Å². The Kier molecular flexibility index (Phi) is 4.86. The number of likely N-dealkylation sites (tertiary alicyclic amines) is 1. The van der Waals surface area contributed by atoms with Crippen LogP contribution in [0.25, 0.3) is 0 Å². The Bertz CT molecular complexity index is 637. The van der Waals surface area contributed by atoms with E-state index in [9.17, 15) is 4.79 Å². The van der Waals surface area contributed by atoms with E-state index in [0.29, 0.717) is 11.3 Å². The van der Waals surface area contributed by atoms with E-state index in [1.165, 1.54) is 6.42 Å². The van der Waals surface area contributed by atoms with E-state index < -0.39 is 18.3 Å². The van der Waals surface area contributed by atoms with Crippen LogP contribution in [0.5, 0.6) is 5.75 Å². The summed E-state index contributed by atoms with van der Waals surface area (Å²) in [5, 5.41) is 0. The smallest absolute Gasteiger partial charge is 0.494 e. The second kappa shape index (κ2) is 6.65. The Morgan fingerprint density at radius 2 is 1.68 bits per heavy atom. The van der Waals surface area contributed by atoms with Crippen molar-refractivity contribution in [3.05, 3.63) is 23.8 Å². The van der Waals surface area contributed by atoms with E-state index in [-0.39, 0.29) is 5.91 Å². The van der Waals surface area contributed by atoms with Crippen LogP contribution in [0, 0.1) is 0 Å². The number of benzene rings is 1. The van der Waals surface area contributed by atoms with Crippen LogP contribution in [0.1, 0.15) is 57.3 Å². The highest BCUT2D eigenvalue weighted by molar-refractivity contribution is 6.62. The van der Waals surface area contributed by atoms with Crippen LogP contribution in [-0.4, -0.2) is 49.3 Å². The zero-order valence-corrected chi connectivity index (χ0v) is 15.9. The number of hydrogen-bond acceptors (Lipinski definition) is 4. The van der Waals surface area contributed by atoms with Crippen molar-refractivity contribution in [2.45, 2.75) is 58.2 Å². The molecule has 0 aliphatic carbocycles. The molecule has 136 valence electrons. The fraction of sp³-hybridized carbons (Fsp3) is 0.632. The number of methoxy groups -OCH3 is 1. The molecule has 1 aromatic rings. The fourth-order valence-corrected chi connectivity index (χ4v) is 3.28. The van der Waals surface area contributed by atoms with Gasteiger partial charge in [-0.25, -0.2) is 0 Å². The number of ether oxygens (including phenoxy) is 1. The lowest BCUT2D eigenvalue weighted by Crippen LogP contribution is -2.41. The standard InChI is InChI=1S/C19H28BNO4/c1-18(2)19(3,4)25-20(24-18)14-9-10-15(16(13-14)23-5)17(22)21-11-7-6-8-12-21/h9-10,13H,6-8,11-12H2,1-5H3. The molecule has 2 heterocycles. The Balaban J connectivity index is 1.84. The van der Waals surface area contributed by atoms with Crippen LogP contribution in [0.2, 0.25) is 0 Å². The quantitative estimate of drug-likeness (QED) is 0.791. The summed E-state index contributed by atoms with van der Waals surface area (Å²) in [6.07, 6.45) is 3.34. The second-order valence-electron chi connectivity index (χ2n) is 7.90. The third-order valence-corrected chi connectivity index (χ3v) is 5.62. The first-order valence-electron chi connectivity index (χ1n) is 9.08. The summed E-state index contributed by atoms with van der Waals surface area (Å²) in [7, 11) is 1.13. The maximum atomic E-state index is 12.8. The van der Waals surface area contributed by atoms with Gasteiger partial charge in [0.2, 0.25) is 0 Å². The molecule has 0 spiro atoms. The maximum absolute atomic E-state index is 12.8. The number of rotatable bonds is 3. The molecule has 1 amide bonds. The minimum absolute atomic E-state index is 0.0389. The van der Waals surface area contributed by atoms with Crippen LogP contribution in [-0.2, 0) is 9.31 Å². The van der Waals surface area contributed by atoms with Crippen molar-refractivity contribution in [2.75, 3.05) is 20.2 Å². The highest BCUT2D eigenvalue weighted by Gasteiger charge is 2.51. The molecule has 0 bridgehead atoms. The number of amides is 1. The van der Waals surface area contributed by atoms with Crippen molar-refractivity contribution in [1.82, 2.24) is 4.90 Å². The normalized spacial score (nSPS) is 22.1. The average molecular weight is 345 g/mol. The van der Waals surface area contributed by atoms with E-state index in [2.05, 4.69) is 0 Å². The summed E-state index contributed by atoms with van der Waals surface area (Å²) in [4.78, 5) is 14.7. The number of carbonyl (C=O) groups is 1. The number of carbonyl (C=O) groups excluding carboxylic acids is 1. The van der Waals surface area contributed by atoms with Gasteiger partial charge in [-0.1, -0.05) is 6.07 Å². The molecule has 0 saturated carbocycles. The Hall–Kier alpha value is -1.53. The monoisotopic (exact) mass is 345 g/mol. The number of piperidine rings is 1. The summed E-state index contributed by atoms with van der Waals surface area (Å²) in [5.41, 5.74) is 0.677. The maximum Gasteiger partial charge on any atom is 0.494 e. The highest BCUT2D eigenvalue weighted by Crippen LogP contribution is 2.36. The van der Waals surface area contributed by atoms with Crippen molar-refractivity contribution >= 4 is 18.5 Å². The van der Waals surface area contributed by atoms with Gasteiger partial charge in [0.05, 0.1) is 23.9 Å². The van der Waals surface area contributed by atoms with Gasteiger partial charge >= 0.3 is 7.12 Å². The minimum atomic E-state index is -0.460. The van der Waals surface area contributed by atoms with Crippen LogP contribution >= 0.6 is 0 Å². The van der Waals surface area contributed by atoms with E-state index in [0.717, 1.165) is 31.4 Å². The van der Waals surface area contributed by atoms with Gasteiger partial charge in [-0.15, -0.1) is 0 Å². The molecule has 1 aromatic carbocycles. The van der Waals surface area contributed by atoms with Crippen molar-refractivity contribution < 1.29 is 18.8 Å². The first-order chi connectivity index (χ1) is 11.7. The minimum Gasteiger partial charge on any atom is -0.496 e. The molecule has 2 fully saturated rings. The Morgan fingerprint density at radius 1 is 1.08 bits per heavy atom. The molecule has 0 radical (unpaired) electrons. The fourth-order valence-electron chi connectivity index (χ4n) is 3.28. The third kappa shape index (κ3) is 3.42. The van der Waals surface area contributed by atoms with Crippen LogP contribution in [0.3, 0.4) is 0 Å². The van der Waals surface area contributed by atoms with Crippen molar-refractivity contribution in [1.29, 1.82) is 0 Å². The van der Waals surface area contributed by atoms with Gasteiger partial charge in [0, 0.05) is 13.1 Å². The lowest BCUT2D eigenvalue weighted by molar-refractivity contribution is 0.00578. The Morgan fingerprint density at radius 3 is 2.24 bits per heavy atom. The van der Waals surface area contributed by atoms with Gasteiger partial charge in [0.25, 0.3) is 5.91 Å². The van der Waals surface area contributed by atoms with E-state index in [1.807, 2.05) is 50.8 Å². The van der Waals surface area contributed by atoms with Gasteiger partial charge in [-0.2, -0.15) is 0 Å². The molecule has 2 aliphatic rings. The summed E-state index contributed by atoms with van der Waals surface area (Å²) in [6.45, 7) is 9.75. The van der Waals surface area contributed by atoms with Crippen molar-refractivity contribution in [2.24, 2.45) is 0 Å². The molecular formula is C19H28BNO4. The van der Waals surface area contributed by atoms with Gasteiger partial charge < -0.3 is 18.9 Å². The number of hydrogen-bond donors (Lipinski definition) is 0. The topological polar surface area (TPSA) is 48.0 Å². The molecule has 2 aliphatic heterocycles. The molecule has 0 atom stereocenters. The number of nitrogens with zero attached hydrogens (tertiary/aromatic N) is 1. The zero-order chi connectivity index (χ0) is 18.2.